The normalized spacial score (nSPS) is 12.9. The second-order valence-corrected chi connectivity index (χ2v) is 6.51. The SMILES string of the molecule is CNC(Cc1nc2ccccc2n1C)c1ccc(Cl)s1. The first-order chi connectivity index (χ1) is 9.69. The van der Waals surface area contributed by atoms with Crippen LogP contribution in [0.2, 0.25) is 4.34 Å². The van der Waals surface area contributed by atoms with E-state index < -0.39 is 0 Å². The molecule has 0 saturated carbocycles. The van der Waals surface area contributed by atoms with Gasteiger partial charge in [-0.2, -0.15) is 0 Å². The Morgan fingerprint density at radius 2 is 2.10 bits per heavy atom. The van der Waals surface area contributed by atoms with Crippen molar-refractivity contribution in [2.75, 3.05) is 7.05 Å². The first-order valence-corrected chi connectivity index (χ1v) is 7.71. The summed E-state index contributed by atoms with van der Waals surface area (Å²) in [6.45, 7) is 0. The van der Waals surface area contributed by atoms with Crippen LogP contribution in [-0.4, -0.2) is 16.6 Å². The van der Waals surface area contributed by atoms with E-state index in [0.29, 0.717) is 0 Å². The van der Waals surface area contributed by atoms with Crippen molar-refractivity contribution in [2.45, 2.75) is 12.5 Å². The Balaban J connectivity index is 1.93. The number of thiophene rings is 1. The summed E-state index contributed by atoms with van der Waals surface area (Å²) in [6.07, 6.45) is 0.846. The summed E-state index contributed by atoms with van der Waals surface area (Å²) in [5.74, 6) is 1.08. The molecule has 0 fully saturated rings. The van der Waals surface area contributed by atoms with Gasteiger partial charge in [-0.1, -0.05) is 23.7 Å². The van der Waals surface area contributed by atoms with E-state index in [4.69, 9.17) is 16.6 Å². The highest BCUT2D eigenvalue weighted by Crippen LogP contribution is 2.29. The molecule has 20 heavy (non-hydrogen) atoms. The van der Waals surface area contributed by atoms with Crippen LogP contribution in [0.5, 0.6) is 0 Å². The molecule has 1 N–H and O–H groups in total. The lowest BCUT2D eigenvalue weighted by Gasteiger charge is -2.14. The summed E-state index contributed by atoms with van der Waals surface area (Å²) in [7, 11) is 4.04. The minimum atomic E-state index is 0.239. The molecule has 1 unspecified atom stereocenters. The van der Waals surface area contributed by atoms with Gasteiger partial charge in [0.2, 0.25) is 0 Å². The number of para-hydroxylation sites is 2. The summed E-state index contributed by atoms with van der Waals surface area (Å²) in [6, 6.07) is 12.5. The molecular formula is C15H16ClN3S. The Morgan fingerprint density at radius 3 is 2.75 bits per heavy atom. The van der Waals surface area contributed by atoms with Crippen LogP contribution in [0.4, 0.5) is 0 Å². The zero-order valence-corrected chi connectivity index (χ0v) is 13.0. The Kier molecular flexibility index (Phi) is 3.78. The summed E-state index contributed by atoms with van der Waals surface area (Å²) in [5.41, 5.74) is 2.21. The van der Waals surface area contributed by atoms with E-state index >= 15 is 0 Å². The molecule has 1 atom stereocenters. The number of fused-ring (bicyclic) bond motifs is 1. The van der Waals surface area contributed by atoms with Gasteiger partial charge >= 0.3 is 0 Å². The zero-order chi connectivity index (χ0) is 14.1. The quantitative estimate of drug-likeness (QED) is 0.795. The molecule has 104 valence electrons. The number of hydrogen-bond donors (Lipinski definition) is 1. The van der Waals surface area contributed by atoms with Crippen LogP contribution < -0.4 is 5.32 Å². The second kappa shape index (κ2) is 5.56. The van der Waals surface area contributed by atoms with E-state index in [0.717, 1.165) is 22.1 Å². The molecule has 0 radical (unpaired) electrons. The number of nitrogens with one attached hydrogen (secondary N) is 1. The first kappa shape index (κ1) is 13.6. The van der Waals surface area contributed by atoms with E-state index in [2.05, 4.69) is 35.1 Å². The van der Waals surface area contributed by atoms with Gasteiger partial charge in [-0.25, -0.2) is 4.98 Å². The number of aromatic nitrogens is 2. The number of nitrogens with zero attached hydrogens (tertiary/aromatic N) is 2. The standard InChI is InChI=1S/C15H16ClN3S/c1-17-11(13-7-8-14(16)20-13)9-15-18-10-5-3-4-6-12(10)19(15)2/h3-8,11,17H,9H2,1-2H3. The predicted octanol–water partition coefficient (Wildman–Crippen LogP) is 3.79. The van der Waals surface area contributed by atoms with Gasteiger partial charge in [0.15, 0.2) is 0 Å². The maximum absolute atomic E-state index is 6.03. The largest absolute Gasteiger partial charge is 0.331 e. The van der Waals surface area contributed by atoms with Crippen molar-refractivity contribution in [3.05, 3.63) is 51.4 Å². The van der Waals surface area contributed by atoms with Crippen LogP contribution in [0.25, 0.3) is 11.0 Å². The molecule has 2 heterocycles. The van der Waals surface area contributed by atoms with Gasteiger partial charge in [-0.05, 0) is 31.3 Å². The van der Waals surface area contributed by atoms with E-state index in [-0.39, 0.29) is 6.04 Å². The first-order valence-electron chi connectivity index (χ1n) is 6.52. The van der Waals surface area contributed by atoms with Crippen LogP contribution in [0.3, 0.4) is 0 Å². The third-order valence-corrected chi connectivity index (χ3v) is 4.90. The molecule has 3 aromatic rings. The van der Waals surface area contributed by atoms with E-state index in [1.165, 1.54) is 10.4 Å². The average Bonchev–Trinajstić information content (AvgIpc) is 3.01. The summed E-state index contributed by atoms with van der Waals surface area (Å²) in [4.78, 5) is 5.97. The fourth-order valence-corrected chi connectivity index (χ4v) is 3.59. The lowest BCUT2D eigenvalue weighted by molar-refractivity contribution is 0.574. The van der Waals surface area contributed by atoms with E-state index in [1.54, 1.807) is 11.3 Å². The minimum absolute atomic E-state index is 0.239. The number of imidazole rings is 1. The number of likely N-dealkylation sites (N-methyl/N-ethyl adjacent to an activating group) is 1. The van der Waals surface area contributed by atoms with E-state index in [1.807, 2.05) is 25.2 Å². The van der Waals surface area contributed by atoms with Crippen molar-refractivity contribution < 1.29 is 0 Å². The zero-order valence-electron chi connectivity index (χ0n) is 11.4. The third-order valence-electron chi connectivity index (χ3n) is 3.55. The van der Waals surface area contributed by atoms with Crippen molar-refractivity contribution in [3.8, 4) is 0 Å². The molecule has 0 aliphatic carbocycles. The van der Waals surface area contributed by atoms with Gasteiger partial charge < -0.3 is 9.88 Å². The van der Waals surface area contributed by atoms with E-state index in [9.17, 15) is 0 Å². The summed E-state index contributed by atoms with van der Waals surface area (Å²) < 4.78 is 2.99. The van der Waals surface area contributed by atoms with Gasteiger partial charge in [-0.3, -0.25) is 0 Å². The van der Waals surface area contributed by atoms with Gasteiger partial charge in [0.05, 0.1) is 15.4 Å². The van der Waals surface area contributed by atoms with Crippen molar-refractivity contribution >= 4 is 34.0 Å². The van der Waals surface area contributed by atoms with Crippen LogP contribution in [0, 0.1) is 0 Å². The maximum atomic E-state index is 6.03. The van der Waals surface area contributed by atoms with Crippen LogP contribution in [0.15, 0.2) is 36.4 Å². The van der Waals surface area contributed by atoms with Gasteiger partial charge in [-0.15, -0.1) is 11.3 Å². The van der Waals surface area contributed by atoms with Crippen molar-refractivity contribution in [2.24, 2.45) is 7.05 Å². The van der Waals surface area contributed by atoms with Crippen LogP contribution in [-0.2, 0) is 13.5 Å². The molecule has 0 saturated heterocycles. The topological polar surface area (TPSA) is 29.9 Å². The molecule has 0 amide bonds. The Hall–Kier alpha value is -1.36. The highest BCUT2D eigenvalue weighted by molar-refractivity contribution is 7.16. The number of rotatable bonds is 4. The third kappa shape index (κ3) is 2.46. The van der Waals surface area contributed by atoms with Gasteiger partial charge in [0.25, 0.3) is 0 Å². The molecule has 0 bridgehead atoms. The van der Waals surface area contributed by atoms with Crippen LogP contribution in [0.1, 0.15) is 16.7 Å². The minimum Gasteiger partial charge on any atom is -0.331 e. The monoisotopic (exact) mass is 305 g/mol. The molecule has 3 nitrogen and oxygen atoms in total. The van der Waals surface area contributed by atoms with Gasteiger partial charge in [0.1, 0.15) is 5.82 Å². The highest BCUT2D eigenvalue weighted by atomic mass is 35.5. The fourth-order valence-electron chi connectivity index (χ4n) is 2.42. The molecule has 0 aliphatic heterocycles. The highest BCUT2D eigenvalue weighted by Gasteiger charge is 2.16. The second-order valence-electron chi connectivity index (χ2n) is 4.76. The van der Waals surface area contributed by atoms with Crippen LogP contribution >= 0.6 is 22.9 Å². The smallest absolute Gasteiger partial charge is 0.111 e. The number of halogens is 1. The number of aryl methyl sites for hydroxylation is 1. The molecule has 5 heteroatoms. The number of hydrogen-bond acceptors (Lipinski definition) is 3. The predicted molar refractivity (Wildman–Crippen MR) is 85.5 cm³/mol. The Bertz CT molecular complexity index is 732. The van der Waals surface area contributed by atoms with Crippen molar-refractivity contribution in [3.63, 3.8) is 0 Å². The fraction of sp³-hybridized carbons (Fsp3) is 0.267. The lowest BCUT2D eigenvalue weighted by atomic mass is 10.1. The summed E-state index contributed by atoms with van der Waals surface area (Å²) in [5, 5.41) is 3.35. The molecule has 1 aromatic carbocycles. The molecular weight excluding hydrogens is 290 g/mol. The summed E-state index contributed by atoms with van der Waals surface area (Å²) >= 11 is 7.65. The maximum Gasteiger partial charge on any atom is 0.111 e. The molecule has 0 aliphatic rings. The molecule has 2 aromatic heterocycles. The molecule has 3 rings (SSSR count). The molecule has 0 spiro atoms. The lowest BCUT2D eigenvalue weighted by Crippen LogP contribution is -2.19. The Labute approximate surface area is 127 Å². The Morgan fingerprint density at radius 1 is 1.30 bits per heavy atom. The van der Waals surface area contributed by atoms with Crippen molar-refractivity contribution in [1.82, 2.24) is 14.9 Å². The average molecular weight is 306 g/mol. The van der Waals surface area contributed by atoms with Crippen molar-refractivity contribution in [1.29, 1.82) is 0 Å². The number of benzene rings is 1. The van der Waals surface area contributed by atoms with Gasteiger partial charge in [0, 0.05) is 24.4 Å².